The zero-order valence-electron chi connectivity index (χ0n) is 21.5. The number of para-hydroxylation sites is 1. The molecule has 37 heavy (non-hydrogen) atoms. The molecule has 5 rings (SSSR count). The highest BCUT2D eigenvalue weighted by Gasteiger charge is 2.42. The van der Waals surface area contributed by atoms with Crippen LogP contribution in [0.25, 0.3) is 10.9 Å². The molecule has 1 saturated heterocycles. The third-order valence-corrected chi connectivity index (χ3v) is 7.77. The van der Waals surface area contributed by atoms with Crippen molar-refractivity contribution in [3.8, 4) is 0 Å². The number of fused-ring (bicyclic) bond motifs is 1. The highest BCUT2D eigenvalue weighted by molar-refractivity contribution is 5.98. The van der Waals surface area contributed by atoms with Crippen molar-refractivity contribution in [1.29, 1.82) is 0 Å². The predicted molar refractivity (Wildman–Crippen MR) is 149 cm³/mol. The number of likely N-dealkylation sites (tertiary alicyclic amines) is 1. The summed E-state index contributed by atoms with van der Waals surface area (Å²) in [7, 11) is 0. The van der Waals surface area contributed by atoms with E-state index in [9.17, 15) is 9.59 Å². The first-order chi connectivity index (χ1) is 18.1. The van der Waals surface area contributed by atoms with E-state index in [-0.39, 0.29) is 11.8 Å². The minimum Gasteiger partial charge on any atom is -0.355 e. The maximum atomic E-state index is 13.7. The molecule has 1 aliphatic rings. The van der Waals surface area contributed by atoms with E-state index in [0.29, 0.717) is 44.6 Å². The molecule has 0 saturated carbocycles. The lowest BCUT2D eigenvalue weighted by Crippen LogP contribution is -2.51. The van der Waals surface area contributed by atoms with E-state index < -0.39 is 5.41 Å². The second kappa shape index (κ2) is 11.0. The van der Waals surface area contributed by atoms with Crippen LogP contribution in [0.15, 0.2) is 84.9 Å². The number of nitrogens with one attached hydrogen (secondary N) is 2. The van der Waals surface area contributed by atoms with Crippen molar-refractivity contribution in [2.75, 3.05) is 19.6 Å². The van der Waals surface area contributed by atoms with Gasteiger partial charge in [0.1, 0.15) is 5.69 Å². The first-order valence-electron chi connectivity index (χ1n) is 13.3. The van der Waals surface area contributed by atoms with Crippen molar-refractivity contribution in [3.63, 3.8) is 0 Å². The van der Waals surface area contributed by atoms with Gasteiger partial charge in [0, 0.05) is 30.5 Å². The molecular weight excluding hydrogens is 458 g/mol. The van der Waals surface area contributed by atoms with E-state index in [0.717, 1.165) is 29.3 Å². The van der Waals surface area contributed by atoms with Crippen molar-refractivity contribution >= 4 is 22.7 Å². The Balaban J connectivity index is 1.26. The fourth-order valence-electron chi connectivity index (χ4n) is 5.42. The fourth-order valence-corrected chi connectivity index (χ4v) is 5.42. The number of hydrogen-bond donors (Lipinski definition) is 2. The van der Waals surface area contributed by atoms with E-state index >= 15 is 0 Å². The van der Waals surface area contributed by atoms with Gasteiger partial charge in [-0.05, 0) is 60.9 Å². The Bertz CT molecular complexity index is 1320. The number of hydrogen-bond acceptors (Lipinski definition) is 2. The number of piperidine rings is 1. The molecule has 1 aromatic heterocycles. The molecule has 0 bridgehead atoms. The number of nitrogens with zero attached hydrogens (tertiary/aromatic N) is 1. The monoisotopic (exact) mass is 493 g/mol. The van der Waals surface area contributed by atoms with Gasteiger partial charge in [-0.15, -0.1) is 0 Å². The molecule has 0 aliphatic carbocycles. The molecule has 0 atom stereocenters. The average molecular weight is 494 g/mol. The molecule has 1 fully saturated rings. The summed E-state index contributed by atoms with van der Waals surface area (Å²) in [6.45, 7) is 3.89. The van der Waals surface area contributed by atoms with Gasteiger partial charge >= 0.3 is 0 Å². The minimum atomic E-state index is -0.523. The Kier molecular flexibility index (Phi) is 7.40. The Hall–Kier alpha value is -3.86. The van der Waals surface area contributed by atoms with E-state index in [1.54, 1.807) is 0 Å². The number of carbonyl (C=O) groups excluding carboxylic acids is 2. The van der Waals surface area contributed by atoms with Crippen molar-refractivity contribution < 1.29 is 9.59 Å². The van der Waals surface area contributed by atoms with Gasteiger partial charge in [-0.2, -0.15) is 0 Å². The van der Waals surface area contributed by atoms with Crippen LogP contribution in [0.5, 0.6) is 0 Å². The van der Waals surface area contributed by atoms with Crippen LogP contribution in [-0.2, 0) is 24.1 Å². The van der Waals surface area contributed by atoms with Crippen LogP contribution in [0.3, 0.4) is 0 Å². The number of carbonyl (C=O) groups is 2. The minimum absolute atomic E-state index is 0.000412. The van der Waals surface area contributed by atoms with E-state index in [4.69, 9.17) is 0 Å². The lowest BCUT2D eigenvalue weighted by molar-refractivity contribution is -0.133. The Morgan fingerprint density at radius 2 is 1.54 bits per heavy atom. The molecule has 5 heteroatoms. The molecule has 0 spiro atoms. The molecule has 0 radical (unpaired) electrons. The van der Waals surface area contributed by atoms with E-state index in [1.165, 1.54) is 11.1 Å². The number of aryl methyl sites for hydroxylation is 1. The quantitative estimate of drug-likeness (QED) is 0.338. The van der Waals surface area contributed by atoms with Gasteiger partial charge in [-0.3, -0.25) is 9.59 Å². The Morgan fingerprint density at radius 3 is 2.24 bits per heavy atom. The summed E-state index contributed by atoms with van der Waals surface area (Å²) in [5.74, 6) is 0.0969. The molecule has 2 heterocycles. The lowest BCUT2D eigenvalue weighted by atomic mass is 9.73. The van der Waals surface area contributed by atoms with Crippen LogP contribution in [0.4, 0.5) is 0 Å². The van der Waals surface area contributed by atoms with Crippen LogP contribution in [-0.4, -0.2) is 41.3 Å². The van der Waals surface area contributed by atoms with Crippen molar-refractivity contribution in [2.45, 2.75) is 39.0 Å². The third kappa shape index (κ3) is 5.61. The third-order valence-electron chi connectivity index (χ3n) is 7.77. The molecule has 5 nitrogen and oxygen atoms in total. The van der Waals surface area contributed by atoms with Gasteiger partial charge in [-0.1, -0.05) is 79.7 Å². The zero-order valence-corrected chi connectivity index (χ0v) is 21.5. The molecule has 190 valence electrons. The SMILES string of the molecule is CCc1ccc(CCNC(=O)C2(Cc3ccccc3)CCN(C(=O)c3cc4ccccc4[nH]3)CC2)cc1. The molecule has 2 amide bonds. The summed E-state index contributed by atoms with van der Waals surface area (Å²) in [6.07, 6.45) is 3.80. The molecule has 2 N–H and O–H groups in total. The highest BCUT2D eigenvalue weighted by Crippen LogP contribution is 2.36. The second-order valence-corrected chi connectivity index (χ2v) is 10.2. The van der Waals surface area contributed by atoms with Crippen LogP contribution < -0.4 is 5.32 Å². The predicted octanol–water partition coefficient (Wildman–Crippen LogP) is 5.55. The smallest absolute Gasteiger partial charge is 0.270 e. The Morgan fingerprint density at radius 1 is 0.865 bits per heavy atom. The normalized spacial score (nSPS) is 15.0. The average Bonchev–Trinajstić information content (AvgIpc) is 3.38. The molecule has 4 aromatic rings. The topological polar surface area (TPSA) is 65.2 Å². The summed E-state index contributed by atoms with van der Waals surface area (Å²) < 4.78 is 0. The number of H-pyrrole nitrogens is 1. The Labute approximate surface area is 218 Å². The number of rotatable bonds is 8. The van der Waals surface area contributed by atoms with Gasteiger partial charge in [0.25, 0.3) is 5.91 Å². The summed E-state index contributed by atoms with van der Waals surface area (Å²) in [4.78, 5) is 32.1. The van der Waals surface area contributed by atoms with Crippen LogP contribution in [0.2, 0.25) is 0 Å². The van der Waals surface area contributed by atoms with Gasteiger partial charge in [0.05, 0.1) is 5.41 Å². The molecule has 0 unspecified atom stereocenters. The molecule has 1 aliphatic heterocycles. The summed E-state index contributed by atoms with van der Waals surface area (Å²) in [5.41, 5.74) is 4.75. The van der Waals surface area contributed by atoms with E-state index in [1.807, 2.05) is 53.4 Å². The standard InChI is InChI=1S/C32H35N3O2/c1-2-24-12-14-25(15-13-24)16-19-33-31(37)32(23-26-8-4-3-5-9-26)17-20-35(21-18-32)30(36)29-22-27-10-6-7-11-28(27)34-29/h3-15,22,34H,2,16-21,23H2,1H3,(H,33,37). The van der Waals surface area contributed by atoms with Crippen molar-refractivity contribution in [3.05, 3.63) is 107 Å². The van der Waals surface area contributed by atoms with Crippen molar-refractivity contribution in [2.24, 2.45) is 5.41 Å². The van der Waals surface area contributed by atoms with Gasteiger partial charge in [-0.25, -0.2) is 0 Å². The fraction of sp³-hybridized carbons (Fsp3) is 0.312. The van der Waals surface area contributed by atoms with Gasteiger partial charge in [0.2, 0.25) is 5.91 Å². The number of aromatic amines is 1. The molecular formula is C32H35N3O2. The number of benzene rings is 3. The summed E-state index contributed by atoms with van der Waals surface area (Å²) >= 11 is 0. The number of amides is 2. The second-order valence-electron chi connectivity index (χ2n) is 10.2. The first kappa shape index (κ1) is 24.8. The molecule has 3 aromatic carbocycles. The van der Waals surface area contributed by atoms with Gasteiger partial charge < -0.3 is 15.2 Å². The lowest BCUT2D eigenvalue weighted by Gasteiger charge is -2.40. The van der Waals surface area contributed by atoms with E-state index in [2.05, 4.69) is 53.6 Å². The van der Waals surface area contributed by atoms with Crippen LogP contribution in [0.1, 0.15) is 46.9 Å². The van der Waals surface area contributed by atoms with Crippen molar-refractivity contribution in [1.82, 2.24) is 15.2 Å². The van der Waals surface area contributed by atoms with Gasteiger partial charge in [0.15, 0.2) is 0 Å². The maximum absolute atomic E-state index is 13.7. The largest absolute Gasteiger partial charge is 0.355 e. The zero-order chi connectivity index (χ0) is 25.7. The maximum Gasteiger partial charge on any atom is 0.270 e. The summed E-state index contributed by atoms with van der Waals surface area (Å²) in [5, 5.41) is 4.27. The highest BCUT2D eigenvalue weighted by atomic mass is 16.2. The van der Waals surface area contributed by atoms with Crippen LogP contribution in [0, 0.1) is 5.41 Å². The number of aromatic nitrogens is 1. The first-order valence-corrected chi connectivity index (χ1v) is 13.3. The summed E-state index contributed by atoms with van der Waals surface area (Å²) in [6, 6.07) is 28.7. The van der Waals surface area contributed by atoms with Crippen LogP contribution >= 0.6 is 0 Å².